The maximum atomic E-state index is 6.03. The molecule has 0 fully saturated rings. The molecule has 3 rings (SSSR count). The summed E-state index contributed by atoms with van der Waals surface area (Å²) in [7, 11) is 0. The number of fused-ring (bicyclic) bond motifs is 1. The van der Waals surface area contributed by atoms with Gasteiger partial charge in [0.05, 0.1) is 5.52 Å². The van der Waals surface area contributed by atoms with Gasteiger partial charge >= 0.3 is 0 Å². The Morgan fingerprint density at radius 3 is 2.35 bits per heavy atom. The molecule has 0 spiro atoms. The third-order valence-electron chi connectivity index (χ3n) is 3.83. The highest BCUT2D eigenvalue weighted by Crippen LogP contribution is 2.26. The van der Waals surface area contributed by atoms with E-state index in [0.29, 0.717) is 0 Å². The van der Waals surface area contributed by atoms with Crippen molar-refractivity contribution in [3.8, 4) is 0 Å². The monoisotopic (exact) mass is 326 g/mol. The lowest BCUT2D eigenvalue weighted by atomic mass is 10.2. The van der Waals surface area contributed by atoms with E-state index >= 15 is 0 Å². The van der Waals surface area contributed by atoms with E-state index in [1.807, 2.05) is 24.3 Å². The fraction of sp³-hybridized carbons (Fsp3) is 0.222. The molecule has 3 aromatic rings. The molecule has 0 atom stereocenters. The Hall–Kier alpha value is -2.33. The largest absolute Gasteiger partial charge is 0.372 e. The van der Waals surface area contributed by atoms with Gasteiger partial charge in [0, 0.05) is 29.9 Å². The topological polar surface area (TPSA) is 41.0 Å². The molecule has 0 saturated carbocycles. The van der Waals surface area contributed by atoms with Crippen molar-refractivity contribution in [2.75, 3.05) is 23.3 Å². The summed E-state index contributed by atoms with van der Waals surface area (Å²) in [6, 6.07) is 16.1. The zero-order valence-corrected chi connectivity index (χ0v) is 14.0. The third kappa shape index (κ3) is 3.37. The molecule has 1 N–H and O–H groups in total. The van der Waals surface area contributed by atoms with Gasteiger partial charge in [0.1, 0.15) is 5.82 Å². The van der Waals surface area contributed by atoms with Crippen LogP contribution in [0.3, 0.4) is 0 Å². The second kappa shape index (κ2) is 6.84. The molecule has 23 heavy (non-hydrogen) atoms. The van der Waals surface area contributed by atoms with Crippen molar-refractivity contribution in [3.05, 3.63) is 53.8 Å². The highest BCUT2D eigenvalue weighted by atomic mass is 35.5. The van der Waals surface area contributed by atoms with Crippen LogP contribution in [-0.4, -0.2) is 23.1 Å². The Bertz CT molecular complexity index is 798. The van der Waals surface area contributed by atoms with Gasteiger partial charge in [0.25, 0.3) is 0 Å². The minimum atomic E-state index is 0.242. The maximum absolute atomic E-state index is 6.03. The summed E-state index contributed by atoms with van der Waals surface area (Å²) in [5.41, 5.74) is 3.02. The van der Waals surface area contributed by atoms with Gasteiger partial charge in [0.2, 0.25) is 5.28 Å². The quantitative estimate of drug-likeness (QED) is 0.679. The summed E-state index contributed by atoms with van der Waals surface area (Å²) in [6.45, 7) is 6.31. The summed E-state index contributed by atoms with van der Waals surface area (Å²) in [4.78, 5) is 10.9. The van der Waals surface area contributed by atoms with Crippen molar-refractivity contribution in [1.82, 2.24) is 9.97 Å². The van der Waals surface area contributed by atoms with E-state index in [2.05, 4.69) is 58.3 Å². The second-order valence-electron chi connectivity index (χ2n) is 5.20. The molecule has 0 bridgehead atoms. The first kappa shape index (κ1) is 15.6. The van der Waals surface area contributed by atoms with Crippen LogP contribution in [0.15, 0.2) is 48.5 Å². The molecular formula is C18H19ClN4. The minimum Gasteiger partial charge on any atom is -0.372 e. The molecule has 4 nitrogen and oxygen atoms in total. The lowest BCUT2D eigenvalue weighted by molar-refractivity contribution is 0.866. The Morgan fingerprint density at radius 1 is 0.957 bits per heavy atom. The van der Waals surface area contributed by atoms with Gasteiger partial charge in [-0.15, -0.1) is 0 Å². The fourth-order valence-electron chi connectivity index (χ4n) is 2.62. The first-order valence-electron chi connectivity index (χ1n) is 7.75. The van der Waals surface area contributed by atoms with Gasteiger partial charge in [-0.2, -0.15) is 4.98 Å². The lowest BCUT2D eigenvalue weighted by Crippen LogP contribution is -2.21. The first-order valence-corrected chi connectivity index (χ1v) is 8.13. The normalized spacial score (nSPS) is 10.7. The first-order chi connectivity index (χ1) is 11.2. The van der Waals surface area contributed by atoms with Gasteiger partial charge in [-0.05, 0) is 61.8 Å². The zero-order chi connectivity index (χ0) is 16.2. The van der Waals surface area contributed by atoms with E-state index in [4.69, 9.17) is 11.6 Å². The third-order valence-corrected chi connectivity index (χ3v) is 4.00. The predicted molar refractivity (Wildman–Crippen MR) is 97.8 cm³/mol. The number of nitrogens with zero attached hydrogens (tertiary/aromatic N) is 3. The van der Waals surface area contributed by atoms with Crippen molar-refractivity contribution in [3.63, 3.8) is 0 Å². The summed E-state index contributed by atoms with van der Waals surface area (Å²) in [5.74, 6) is 0.719. The number of anilines is 3. The molecule has 2 aromatic carbocycles. The van der Waals surface area contributed by atoms with Gasteiger partial charge in [-0.1, -0.05) is 12.1 Å². The SMILES string of the molecule is CCN(CC)c1ccc(Nc2nc(Cl)nc3ccccc23)cc1. The van der Waals surface area contributed by atoms with Crippen molar-refractivity contribution >= 4 is 39.7 Å². The van der Waals surface area contributed by atoms with Crippen LogP contribution in [0.4, 0.5) is 17.2 Å². The number of hydrogen-bond acceptors (Lipinski definition) is 4. The number of hydrogen-bond donors (Lipinski definition) is 1. The highest BCUT2D eigenvalue weighted by Gasteiger charge is 2.07. The van der Waals surface area contributed by atoms with E-state index in [1.54, 1.807) is 0 Å². The summed E-state index contributed by atoms with van der Waals surface area (Å²) < 4.78 is 0. The van der Waals surface area contributed by atoms with Crippen molar-refractivity contribution < 1.29 is 0 Å². The van der Waals surface area contributed by atoms with Crippen LogP contribution in [0, 0.1) is 0 Å². The van der Waals surface area contributed by atoms with E-state index in [9.17, 15) is 0 Å². The van der Waals surface area contributed by atoms with Crippen LogP contribution >= 0.6 is 11.6 Å². The zero-order valence-electron chi connectivity index (χ0n) is 13.3. The van der Waals surface area contributed by atoms with Crippen LogP contribution in [0.1, 0.15) is 13.8 Å². The molecule has 0 aliphatic heterocycles. The van der Waals surface area contributed by atoms with E-state index in [0.717, 1.165) is 35.5 Å². The van der Waals surface area contributed by atoms with Crippen LogP contribution < -0.4 is 10.2 Å². The van der Waals surface area contributed by atoms with Crippen LogP contribution in [0.2, 0.25) is 5.28 Å². The Labute approximate surface area is 141 Å². The van der Waals surface area contributed by atoms with E-state index in [1.165, 1.54) is 5.69 Å². The summed E-state index contributed by atoms with van der Waals surface area (Å²) in [5, 5.41) is 4.53. The minimum absolute atomic E-state index is 0.242. The maximum Gasteiger partial charge on any atom is 0.224 e. The van der Waals surface area contributed by atoms with Crippen molar-refractivity contribution in [1.29, 1.82) is 0 Å². The molecule has 0 saturated heterocycles. The second-order valence-corrected chi connectivity index (χ2v) is 5.54. The number of halogens is 1. The van der Waals surface area contributed by atoms with Crippen molar-refractivity contribution in [2.45, 2.75) is 13.8 Å². The predicted octanol–water partition coefficient (Wildman–Crippen LogP) is 4.87. The molecule has 0 aliphatic rings. The van der Waals surface area contributed by atoms with Crippen LogP contribution in [0.5, 0.6) is 0 Å². The molecule has 1 heterocycles. The Balaban J connectivity index is 1.90. The summed E-state index contributed by atoms with van der Waals surface area (Å²) in [6.07, 6.45) is 0. The molecule has 118 valence electrons. The van der Waals surface area contributed by atoms with E-state index in [-0.39, 0.29) is 5.28 Å². The van der Waals surface area contributed by atoms with Crippen LogP contribution in [0.25, 0.3) is 10.9 Å². The molecule has 0 unspecified atom stereocenters. The number of benzene rings is 2. The molecule has 1 aromatic heterocycles. The molecule has 0 amide bonds. The number of aromatic nitrogens is 2. The van der Waals surface area contributed by atoms with Gasteiger partial charge in [0.15, 0.2) is 0 Å². The van der Waals surface area contributed by atoms with Gasteiger partial charge < -0.3 is 10.2 Å². The van der Waals surface area contributed by atoms with E-state index < -0.39 is 0 Å². The highest BCUT2D eigenvalue weighted by molar-refractivity contribution is 6.28. The van der Waals surface area contributed by atoms with Gasteiger partial charge in [-0.3, -0.25) is 0 Å². The Morgan fingerprint density at radius 2 is 1.65 bits per heavy atom. The fourth-order valence-corrected chi connectivity index (χ4v) is 2.80. The number of para-hydroxylation sites is 1. The standard InChI is InChI=1S/C18H19ClN4/c1-3-23(4-2)14-11-9-13(10-12-14)20-17-15-7-5-6-8-16(15)21-18(19)22-17/h5-12H,3-4H2,1-2H3,(H,20,21,22). The van der Waals surface area contributed by atoms with Gasteiger partial charge in [-0.25, -0.2) is 4.98 Å². The average molecular weight is 327 g/mol. The molecular weight excluding hydrogens is 308 g/mol. The molecule has 0 aliphatic carbocycles. The van der Waals surface area contributed by atoms with Crippen LogP contribution in [-0.2, 0) is 0 Å². The lowest BCUT2D eigenvalue weighted by Gasteiger charge is -2.21. The average Bonchev–Trinajstić information content (AvgIpc) is 2.57. The van der Waals surface area contributed by atoms with Crippen molar-refractivity contribution in [2.24, 2.45) is 0 Å². The molecule has 5 heteroatoms. The number of nitrogens with one attached hydrogen (secondary N) is 1. The smallest absolute Gasteiger partial charge is 0.224 e. The number of rotatable bonds is 5. The molecule has 0 radical (unpaired) electrons. The Kier molecular flexibility index (Phi) is 4.63. The summed E-state index contributed by atoms with van der Waals surface area (Å²) >= 11 is 6.03.